The Kier molecular flexibility index (Phi) is 3.53. The number of aliphatic hydroxyl groups excluding tert-OH is 1. The maximum absolute atomic E-state index is 8.91. The molecule has 1 unspecified atom stereocenters. The highest BCUT2D eigenvalue weighted by molar-refractivity contribution is 9.10. The Balaban J connectivity index is 2.27. The van der Waals surface area contributed by atoms with E-state index in [1.165, 1.54) is 0 Å². The van der Waals surface area contributed by atoms with Crippen LogP contribution in [0.1, 0.15) is 11.7 Å². The molecule has 6 heteroatoms. The molecular formula is C9H9BrN2OS2. The third-order valence-corrected chi connectivity index (χ3v) is 4.60. The number of halogens is 1. The Hall–Kier alpha value is -0.270. The van der Waals surface area contributed by atoms with Crippen LogP contribution in [0.2, 0.25) is 0 Å². The average Bonchev–Trinajstić information content (AvgIpc) is 2.84. The van der Waals surface area contributed by atoms with Crippen LogP contribution in [0.3, 0.4) is 0 Å². The highest BCUT2D eigenvalue weighted by Gasteiger charge is 2.11. The molecule has 2 aromatic heterocycles. The molecule has 15 heavy (non-hydrogen) atoms. The van der Waals surface area contributed by atoms with Crippen molar-refractivity contribution in [3.8, 4) is 9.88 Å². The summed E-state index contributed by atoms with van der Waals surface area (Å²) in [5.74, 6) is 0. The Morgan fingerprint density at radius 3 is 2.87 bits per heavy atom. The van der Waals surface area contributed by atoms with Gasteiger partial charge in [-0.05, 0) is 22.0 Å². The molecule has 1 atom stereocenters. The van der Waals surface area contributed by atoms with Gasteiger partial charge < -0.3 is 10.8 Å². The summed E-state index contributed by atoms with van der Waals surface area (Å²) < 4.78 is 1.06. The summed E-state index contributed by atoms with van der Waals surface area (Å²) in [6.45, 7) is -0.0721. The van der Waals surface area contributed by atoms with Crippen LogP contribution in [0.15, 0.2) is 21.3 Å². The molecule has 0 aromatic carbocycles. The number of hydrogen-bond donors (Lipinski definition) is 2. The molecule has 2 aromatic rings. The molecule has 0 aliphatic carbocycles. The average molecular weight is 305 g/mol. The van der Waals surface area contributed by atoms with Crippen molar-refractivity contribution in [2.45, 2.75) is 6.04 Å². The van der Waals surface area contributed by atoms with Crippen LogP contribution in [0.25, 0.3) is 9.88 Å². The SMILES string of the molecule is NC(CO)c1csc(-c2cc(Br)cs2)n1. The van der Waals surface area contributed by atoms with Gasteiger partial charge >= 0.3 is 0 Å². The molecule has 3 nitrogen and oxygen atoms in total. The Morgan fingerprint density at radius 1 is 1.47 bits per heavy atom. The molecule has 0 saturated carbocycles. The van der Waals surface area contributed by atoms with Gasteiger partial charge in [0.25, 0.3) is 0 Å². The van der Waals surface area contributed by atoms with E-state index in [0.717, 1.165) is 20.1 Å². The molecule has 0 amide bonds. The summed E-state index contributed by atoms with van der Waals surface area (Å²) in [5, 5.41) is 13.8. The van der Waals surface area contributed by atoms with E-state index >= 15 is 0 Å². The highest BCUT2D eigenvalue weighted by Crippen LogP contribution is 2.32. The maximum atomic E-state index is 8.91. The monoisotopic (exact) mass is 304 g/mol. The minimum absolute atomic E-state index is 0.0721. The first-order chi connectivity index (χ1) is 7.20. The first-order valence-electron chi connectivity index (χ1n) is 4.27. The van der Waals surface area contributed by atoms with Crippen LogP contribution < -0.4 is 5.73 Å². The number of nitrogens with two attached hydrogens (primary N) is 1. The molecule has 0 spiro atoms. The number of hydrogen-bond acceptors (Lipinski definition) is 5. The number of nitrogens with zero attached hydrogens (tertiary/aromatic N) is 1. The van der Waals surface area contributed by atoms with Crippen LogP contribution in [0.4, 0.5) is 0 Å². The predicted molar refractivity (Wildman–Crippen MR) is 67.1 cm³/mol. The third kappa shape index (κ3) is 2.46. The van der Waals surface area contributed by atoms with Crippen molar-refractivity contribution in [2.75, 3.05) is 6.61 Å². The van der Waals surface area contributed by atoms with Crippen LogP contribution in [-0.4, -0.2) is 16.7 Å². The van der Waals surface area contributed by atoms with E-state index in [1.807, 2.05) is 16.8 Å². The van der Waals surface area contributed by atoms with E-state index in [4.69, 9.17) is 10.8 Å². The van der Waals surface area contributed by atoms with Crippen molar-refractivity contribution >= 4 is 38.6 Å². The molecule has 0 aliphatic heterocycles. The maximum Gasteiger partial charge on any atom is 0.133 e. The zero-order valence-corrected chi connectivity index (χ0v) is 10.9. The number of rotatable bonds is 3. The van der Waals surface area contributed by atoms with Crippen molar-refractivity contribution in [2.24, 2.45) is 5.73 Å². The zero-order valence-electron chi connectivity index (χ0n) is 7.68. The molecule has 2 heterocycles. The van der Waals surface area contributed by atoms with Gasteiger partial charge in [0.15, 0.2) is 0 Å². The van der Waals surface area contributed by atoms with Crippen molar-refractivity contribution in [3.05, 3.63) is 27.0 Å². The summed E-state index contributed by atoms with van der Waals surface area (Å²) in [7, 11) is 0. The lowest BCUT2D eigenvalue weighted by Gasteiger charge is -2.01. The molecule has 80 valence electrons. The number of thiophene rings is 1. The Morgan fingerprint density at radius 2 is 2.27 bits per heavy atom. The first-order valence-corrected chi connectivity index (χ1v) is 6.82. The van der Waals surface area contributed by atoms with Gasteiger partial charge in [0.1, 0.15) is 5.01 Å². The molecule has 0 aliphatic rings. The van der Waals surface area contributed by atoms with Gasteiger partial charge in [-0.25, -0.2) is 4.98 Å². The fraction of sp³-hybridized carbons (Fsp3) is 0.222. The number of aromatic nitrogens is 1. The van der Waals surface area contributed by atoms with Crippen LogP contribution in [-0.2, 0) is 0 Å². The van der Waals surface area contributed by atoms with Crippen molar-refractivity contribution in [1.29, 1.82) is 0 Å². The van der Waals surface area contributed by atoms with Gasteiger partial charge in [-0.1, -0.05) is 0 Å². The lowest BCUT2D eigenvalue weighted by molar-refractivity contribution is 0.266. The smallest absolute Gasteiger partial charge is 0.133 e. The third-order valence-electron chi connectivity index (χ3n) is 1.88. The van der Waals surface area contributed by atoms with Gasteiger partial charge in [0, 0.05) is 15.2 Å². The van der Waals surface area contributed by atoms with Gasteiger partial charge in [-0.2, -0.15) is 0 Å². The van der Waals surface area contributed by atoms with E-state index in [9.17, 15) is 0 Å². The van der Waals surface area contributed by atoms with Gasteiger partial charge in [0.2, 0.25) is 0 Å². The van der Waals surface area contributed by atoms with E-state index < -0.39 is 0 Å². The molecule has 0 radical (unpaired) electrons. The van der Waals surface area contributed by atoms with E-state index in [1.54, 1.807) is 22.7 Å². The van der Waals surface area contributed by atoms with E-state index in [-0.39, 0.29) is 12.6 Å². The largest absolute Gasteiger partial charge is 0.394 e. The summed E-state index contributed by atoms with van der Waals surface area (Å²) in [6, 6.07) is 1.65. The second-order valence-corrected chi connectivity index (χ2v) is 5.68. The normalized spacial score (nSPS) is 13.0. The molecule has 0 bridgehead atoms. The van der Waals surface area contributed by atoms with Crippen molar-refractivity contribution < 1.29 is 5.11 Å². The number of aliphatic hydroxyl groups is 1. The van der Waals surface area contributed by atoms with Gasteiger partial charge in [0.05, 0.1) is 23.2 Å². The topological polar surface area (TPSA) is 59.1 Å². The Bertz CT molecular complexity index is 454. The fourth-order valence-electron chi connectivity index (χ4n) is 1.09. The lowest BCUT2D eigenvalue weighted by Crippen LogP contribution is -2.14. The van der Waals surface area contributed by atoms with Crippen LogP contribution in [0, 0.1) is 0 Å². The molecule has 3 N–H and O–H groups in total. The van der Waals surface area contributed by atoms with Gasteiger partial charge in [-0.3, -0.25) is 0 Å². The van der Waals surface area contributed by atoms with Crippen LogP contribution >= 0.6 is 38.6 Å². The zero-order chi connectivity index (χ0) is 10.8. The quantitative estimate of drug-likeness (QED) is 0.916. The second kappa shape index (κ2) is 4.71. The molecule has 0 saturated heterocycles. The molecular weight excluding hydrogens is 296 g/mol. The summed E-state index contributed by atoms with van der Waals surface area (Å²) in [4.78, 5) is 5.50. The lowest BCUT2D eigenvalue weighted by atomic mass is 10.3. The van der Waals surface area contributed by atoms with E-state index in [2.05, 4.69) is 20.9 Å². The van der Waals surface area contributed by atoms with E-state index in [0.29, 0.717) is 0 Å². The molecule has 0 fully saturated rings. The number of thiazole rings is 1. The van der Waals surface area contributed by atoms with Crippen molar-refractivity contribution in [3.63, 3.8) is 0 Å². The highest BCUT2D eigenvalue weighted by atomic mass is 79.9. The first kappa shape index (κ1) is 11.2. The van der Waals surface area contributed by atoms with Crippen molar-refractivity contribution in [1.82, 2.24) is 4.98 Å². The summed E-state index contributed by atoms with van der Waals surface area (Å²) in [6.07, 6.45) is 0. The Labute approximate surface area is 104 Å². The second-order valence-electron chi connectivity index (χ2n) is 3.00. The predicted octanol–water partition coefficient (Wildman–Crippen LogP) is 2.63. The summed E-state index contributed by atoms with van der Waals surface area (Å²) in [5.41, 5.74) is 6.43. The summed E-state index contributed by atoms with van der Waals surface area (Å²) >= 11 is 6.58. The fourth-order valence-corrected chi connectivity index (χ4v) is 3.48. The van der Waals surface area contributed by atoms with Crippen LogP contribution in [0.5, 0.6) is 0 Å². The minimum Gasteiger partial charge on any atom is -0.394 e. The van der Waals surface area contributed by atoms with Gasteiger partial charge in [-0.15, -0.1) is 22.7 Å². The molecule has 2 rings (SSSR count). The minimum atomic E-state index is -0.376. The standard InChI is InChI=1S/C9H9BrN2OS2/c10-5-1-8(14-3-5)9-12-7(4-15-9)6(11)2-13/h1,3-4,6,13H,2,11H2.